The van der Waals surface area contributed by atoms with E-state index in [4.69, 9.17) is 18.9 Å². The van der Waals surface area contributed by atoms with Crippen LogP contribution in [0.3, 0.4) is 0 Å². The summed E-state index contributed by atoms with van der Waals surface area (Å²) in [7, 11) is 1.48. The second-order valence-corrected chi connectivity index (χ2v) is 10.8. The Morgan fingerprint density at radius 3 is 0.950 bits per heavy atom. The van der Waals surface area contributed by atoms with E-state index in [2.05, 4.69) is 0 Å². The second kappa shape index (κ2) is 13.4. The molecule has 3 rings (SSSR count). The summed E-state index contributed by atoms with van der Waals surface area (Å²) in [6.07, 6.45) is 0. The highest BCUT2D eigenvalue weighted by molar-refractivity contribution is 5.91. The van der Waals surface area contributed by atoms with Crippen molar-refractivity contribution < 1.29 is 33.3 Å². The van der Waals surface area contributed by atoms with E-state index in [1.807, 2.05) is 59.7 Å². The first-order valence-corrected chi connectivity index (χ1v) is 13.1. The molecule has 0 aliphatic rings. The van der Waals surface area contributed by atoms with Gasteiger partial charge in [0.1, 0.15) is 19.8 Å². The van der Waals surface area contributed by atoms with Crippen LogP contribution < -0.4 is 0 Å². The van der Waals surface area contributed by atoms with Crippen LogP contribution in [0.5, 0.6) is 0 Å². The average molecular weight is 547 g/mol. The smallest absolute Gasteiger partial charge is 0.338 e. The van der Waals surface area contributed by atoms with Crippen LogP contribution in [0.4, 0.5) is 0 Å². The number of hydrogen-bond acceptors (Lipinski definition) is 7. The van der Waals surface area contributed by atoms with Crippen LogP contribution in [0.1, 0.15) is 64.5 Å². The largest absolute Gasteiger partial charge is 0.461 e. The van der Waals surface area contributed by atoms with Crippen molar-refractivity contribution in [3.05, 3.63) is 105 Å². The van der Waals surface area contributed by atoms with Gasteiger partial charge >= 0.3 is 17.9 Å². The van der Waals surface area contributed by atoms with Gasteiger partial charge in [0.05, 0.1) is 28.7 Å². The Kier molecular flexibility index (Phi) is 10.2. The van der Waals surface area contributed by atoms with E-state index >= 15 is 0 Å². The number of benzene rings is 3. The fourth-order valence-corrected chi connectivity index (χ4v) is 4.74. The zero-order valence-corrected chi connectivity index (χ0v) is 24.4. The van der Waals surface area contributed by atoms with Gasteiger partial charge in [-0.1, -0.05) is 51.6 Å². The lowest BCUT2D eigenvalue weighted by molar-refractivity contribution is -0.0669. The Balaban J connectivity index is 1.84. The minimum Gasteiger partial charge on any atom is -0.461 e. The number of carbonyl (C=O) groups is 3. The standard InChI is InChI=1S/C33H38O7/c1-21-8-22(2)12-27(11-21)30(34)38-18-33(17-37-7,19-39-31(35)28-13-23(3)9-24(4)14-28)20-40-32(36)29-15-25(5)10-26(6)16-29/h8-16H,17-20H2,1-7H3. The number of aryl methyl sites for hydroxylation is 6. The molecule has 7 heteroatoms. The molecule has 212 valence electrons. The lowest BCUT2D eigenvalue weighted by Gasteiger charge is -2.31. The Morgan fingerprint density at radius 2 is 0.725 bits per heavy atom. The maximum Gasteiger partial charge on any atom is 0.338 e. The molecule has 0 saturated heterocycles. The molecule has 0 unspecified atom stereocenters. The fraction of sp³-hybridized carbons (Fsp3) is 0.364. The first kappa shape index (κ1) is 30.6. The van der Waals surface area contributed by atoms with E-state index in [1.54, 1.807) is 36.4 Å². The van der Waals surface area contributed by atoms with Gasteiger partial charge in [-0.15, -0.1) is 0 Å². The Morgan fingerprint density at radius 1 is 0.475 bits per heavy atom. The molecule has 0 fully saturated rings. The van der Waals surface area contributed by atoms with E-state index in [-0.39, 0.29) is 26.4 Å². The van der Waals surface area contributed by atoms with Crippen molar-refractivity contribution in [1.82, 2.24) is 0 Å². The second-order valence-electron chi connectivity index (χ2n) is 10.8. The monoisotopic (exact) mass is 546 g/mol. The number of hydrogen-bond donors (Lipinski definition) is 0. The molecule has 0 bridgehead atoms. The highest BCUT2D eigenvalue weighted by Crippen LogP contribution is 2.24. The molecule has 0 aromatic heterocycles. The van der Waals surface area contributed by atoms with Gasteiger partial charge in [0.15, 0.2) is 0 Å². The normalized spacial score (nSPS) is 11.2. The van der Waals surface area contributed by atoms with Crippen molar-refractivity contribution in [1.29, 1.82) is 0 Å². The van der Waals surface area contributed by atoms with Crippen molar-refractivity contribution in [2.75, 3.05) is 33.5 Å². The number of esters is 3. The van der Waals surface area contributed by atoms with Gasteiger partial charge in [0.2, 0.25) is 0 Å². The molecule has 40 heavy (non-hydrogen) atoms. The lowest BCUT2D eigenvalue weighted by Crippen LogP contribution is -2.43. The molecular weight excluding hydrogens is 508 g/mol. The topological polar surface area (TPSA) is 88.1 Å². The summed E-state index contributed by atoms with van der Waals surface area (Å²) in [5.74, 6) is -1.60. The maximum absolute atomic E-state index is 13.0. The summed E-state index contributed by atoms with van der Waals surface area (Å²) < 4.78 is 22.6. The number of ether oxygens (including phenoxy) is 4. The van der Waals surface area contributed by atoms with Crippen molar-refractivity contribution in [3.8, 4) is 0 Å². The van der Waals surface area contributed by atoms with Gasteiger partial charge in [0.25, 0.3) is 0 Å². The molecule has 0 saturated carbocycles. The minimum absolute atomic E-state index is 0.00732. The van der Waals surface area contributed by atoms with Gasteiger partial charge in [-0.3, -0.25) is 0 Å². The maximum atomic E-state index is 13.0. The minimum atomic E-state index is -1.15. The summed E-state index contributed by atoms with van der Waals surface area (Å²) in [6.45, 7) is 10.8. The number of methoxy groups -OCH3 is 1. The van der Waals surface area contributed by atoms with Gasteiger partial charge in [-0.25, -0.2) is 14.4 Å². The van der Waals surface area contributed by atoms with E-state index in [9.17, 15) is 14.4 Å². The third kappa shape index (κ3) is 8.52. The fourth-order valence-electron chi connectivity index (χ4n) is 4.74. The first-order valence-electron chi connectivity index (χ1n) is 13.1. The van der Waals surface area contributed by atoms with E-state index < -0.39 is 23.3 Å². The summed E-state index contributed by atoms with van der Waals surface area (Å²) in [6, 6.07) is 16.4. The molecule has 0 amide bonds. The summed E-state index contributed by atoms with van der Waals surface area (Å²) >= 11 is 0. The molecule has 7 nitrogen and oxygen atoms in total. The zero-order valence-electron chi connectivity index (χ0n) is 24.4. The lowest BCUT2D eigenvalue weighted by atomic mass is 9.92. The van der Waals surface area contributed by atoms with E-state index in [1.165, 1.54) is 7.11 Å². The molecule has 0 N–H and O–H groups in total. The third-order valence-electron chi connectivity index (χ3n) is 6.35. The molecule has 0 heterocycles. The van der Waals surface area contributed by atoms with E-state index in [0.717, 1.165) is 33.4 Å². The van der Waals surface area contributed by atoms with Crippen molar-refractivity contribution in [2.24, 2.45) is 5.41 Å². The Labute approximate surface area is 236 Å². The highest BCUT2D eigenvalue weighted by Gasteiger charge is 2.37. The van der Waals surface area contributed by atoms with E-state index in [0.29, 0.717) is 16.7 Å². The predicted octanol–water partition coefficient (Wildman–Crippen LogP) is 6.04. The van der Waals surface area contributed by atoms with Crippen LogP contribution in [0, 0.1) is 47.0 Å². The molecule has 3 aromatic rings. The van der Waals surface area contributed by atoms with Gasteiger partial charge in [0, 0.05) is 7.11 Å². The van der Waals surface area contributed by atoms with Gasteiger partial charge in [-0.05, 0) is 77.9 Å². The average Bonchev–Trinajstić information content (AvgIpc) is 2.87. The molecule has 0 spiro atoms. The molecule has 0 radical (unpaired) electrons. The molecule has 0 aliphatic heterocycles. The van der Waals surface area contributed by atoms with Crippen LogP contribution in [0.25, 0.3) is 0 Å². The van der Waals surface area contributed by atoms with Crippen LogP contribution in [0.2, 0.25) is 0 Å². The van der Waals surface area contributed by atoms with Gasteiger partial charge in [-0.2, -0.15) is 0 Å². The molecule has 0 aliphatic carbocycles. The van der Waals surface area contributed by atoms with Crippen LogP contribution in [-0.4, -0.2) is 51.4 Å². The summed E-state index contributed by atoms with van der Waals surface area (Å²) in [5.41, 5.74) is 5.65. The first-order chi connectivity index (χ1) is 18.9. The molecule has 3 aromatic carbocycles. The molecular formula is C33H38O7. The highest BCUT2D eigenvalue weighted by atomic mass is 16.6. The number of carbonyl (C=O) groups excluding carboxylic acids is 3. The predicted molar refractivity (Wildman–Crippen MR) is 153 cm³/mol. The van der Waals surface area contributed by atoms with Crippen molar-refractivity contribution in [3.63, 3.8) is 0 Å². The SMILES string of the molecule is COCC(COC(=O)c1cc(C)cc(C)c1)(COC(=O)c1cc(C)cc(C)c1)COC(=O)c1cc(C)cc(C)c1. The molecule has 0 atom stereocenters. The van der Waals surface area contributed by atoms with Crippen LogP contribution in [0.15, 0.2) is 54.6 Å². The summed E-state index contributed by atoms with van der Waals surface area (Å²) in [4.78, 5) is 39.0. The third-order valence-corrected chi connectivity index (χ3v) is 6.35. The zero-order chi connectivity index (χ0) is 29.4. The van der Waals surface area contributed by atoms with Crippen molar-refractivity contribution >= 4 is 17.9 Å². The van der Waals surface area contributed by atoms with Crippen LogP contribution >= 0.6 is 0 Å². The Hall–Kier alpha value is -3.97. The van der Waals surface area contributed by atoms with Crippen molar-refractivity contribution in [2.45, 2.75) is 41.5 Å². The van der Waals surface area contributed by atoms with Gasteiger partial charge < -0.3 is 18.9 Å². The summed E-state index contributed by atoms with van der Waals surface area (Å²) in [5, 5.41) is 0. The quantitative estimate of drug-likeness (QED) is 0.214. The Bertz CT molecular complexity index is 1170. The number of rotatable bonds is 11. The van der Waals surface area contributed by atoms with Crippen LogP contribution in [-0.2, 0) is 18.9 Å².